The summed E-state index contributed by atoms with van der Waals surface area (Å²) in [4.78, 5) is 27.9. The first kappa shape index (κ1) is 25.1. The Hall–Kier alpha value is -3.02. The van der Waals surface area contributed by atoms with Gasteiger partial charge in [0.15, 0.2) is 0 Å². The van der Waals surface area contributed by atoms with Crippen molar-refractivity contribution in [3.8, 4) is 0 Å². The van der Waals surface area contributed by atoms with Gasteiger partial charge in [-0.1, -0.05) is 12.1 Å². The first-order valence-corrected chi connectivity index (χ1v) is 11.1. The van der Waals surface area contributed by atoms with Crippen LogP contribution in [0, 0.1) is 37.3 Å². The highest BCUT2D eigenvalue weighted by Gasteiger charge is 2.43. The smallest absolute Gasteiger partial charge is 0.381 e. The molecule has 2 saturated heterocycles. The molecule has 0 radical (unpaired) electrons. The minimum absolute atomic E-state index is 0.0269. The quantitative estimate of drug-likeness (QED) is 0.628. The van der Waals surface area contributed by atoms with Crippen LogP contribution in [-0.4, -0.2) is 47.7 Å². The second-order valence-corrected chi connectivity index (χ2v) is 9.15. The molecular formula is C23H24F5N3O4. The Morgan fingerprint density at radius 3 is 2.40 bits per heavy atom. The monoisotopic (exact) mass is 501 g/mol. The number of halogens is 5. The van der Waals surface area contributed by atoms with Crippen molar-refractivity contribution < 1.29 is 40.8 Å². The normalized spacial score (nSPS) is 21.7. The third kappa shape index (κ3) is 4.75. The average Bonchev–Trinajstić information content (AvgIpc) is 3.28. The van der Waals surface area contributed by atoms with E-state index in [9.17, 15) is 31.5 Å². The van der Waals surface area contributed by atoms with Crippen LogP contribution in [0.25, 0.3) is 0 Å². The van der Waals surface area contributed by atoms with Crippen LogP contribution in [0.4, 0.5) is 22.0 Å². The van der Waals surface area contributed by atoms with Gasteiger partial charge >= 0.3 is 6.18 Å². The fourth-order valence-electron chi connectivity index (χ4n) is 4.61. The van der Waals surface area contributed by atoms with Crippen molar-refractivity contribution in [2.75, 3.05) is 19.8 Å². The molecule has 35 heavy (non-hydrogen) atoms. The Balaban J connectivity index is 1.62. The van der Waals surface area contributed by atoms with Gasteiger partial charge in [0.2, 0.25) is 5.91 Å². The molecular weight excluding hydrogens is 477 g/mol. The molecule has 0 spiro atoms. The first-order valence-electron chi connectivity index (χ1n) is 11.1. The summed E-state index contributed by atoms with van der Waals surface area (Å²) < 4.78 is 78.2. The zero-order valence-electron chi connectivity index (χ0n) is 19.2. The van der Waals surface area contributed by atoms with Crippen LogP contribution in [0.1, 0.15) is 52.3 Å². The second-order valence-electron chi connectivity index (χ2n) is 9.15. The summed E-state index contributed by atoms with van der Waals surface area (Å²) >= 11 is 0. The number of carbonyl (C=O) groups excluding carboxylic acids is 2. The van der Waals surface area contributed by atoms with Crippen LogP contribution in [0.15, 0.2) is 16.7 Å². The highest BCUT2D eigenvalue weighted by Crippen LogP contribution is 2.37. The van der Waals surface area contributed by atoms with Crippen molar-refractivity contribution in [2.24, 2.45) is 11.8 Å². The van der Waals surface area contributed by atoms with Gasteiger partial charge in [-0.25, -0.2) is 8.78 Å². The topological polar surface area (TPSA) is 84.7 Å². The van der Waals surface area contributed by atoms with E-state index in [-0.39, 0.29) is 37.3 Å². The maximum atomic E-state index is 14.8. The Bertz CT molecular complexity index is 1130. The van der Waals surface area contributed by atoms with Gasteiger partial charge in [-0.3, -0.25) is 9.59 Å². The number of aryl methyl sites for hydroxylation is 2. The van der Waals surface area contributed by atoms with Crippen molar-refractivity contribution in [3.05, 3.63) is 51.9 Å². The summed E-state index contributed by atoms with van der Waals surface area (Å²) in [6, 6.07) is -1.50. The fourth-order valence-corrected chi connectivity index (χ4v) is 4.61. The molecule has 0 saturated carbocycles. The SMILES string of the molecule is Cc1noc(C)c1C(=O)N1C[C@H](C)C[C@@H]1C(=O)N[C@@H](c1cc(F)c(C(F)(F)F)cc1F)C1COC1. The predicted octanol–water partition coefficient (Wildman–Crippen LogP) is 3.94. The number of alkyl halides is 3. The number of likely N-dealkylation sites (tertiary alicyclic amines) is 1. The van der Waals surface area contributed by atoms with Gasteiger partial charge in [0, 0.05) is 18.0 Å². The Morgan fingerprint density at radius 2 is 1.86 bits per heavy atom. The summed E-state index contributed by atoms with van der Waals surface area (Å²) in [5.74, 6) is -4.20. The highest BCUT2D eigenvalue weighted by atomic mass is 19.4. The van der Waals surface area contributed by atoms with Crippen molar-refractivity contribution in [3.63, 3.8) is 0 Å². The van der Waals surface area contributed by atoms with Gasteiger partial charge in [0.1, 0.15) is 29.0 Å². The van der Waals surface area contributed by atoms with Crippen LogP contribution in [-0.2, 0) is 15.7 Å². The number of nitrogens with zero attached hydrogens (tertiary/aromatic N) is 2. The third-order valence-corrected chi connectivity index (χ3v) is 6.48. The zero-order chi connectivity index (χ0) is 25.7. The molecule has 2 aromatic rings. The summed E-state index contributed by atoms with van der Waals surface area (Å²) in [7, 11) is 0. The number of benzene rings is 1. The molecule has 1 aromatic carbocycles. The fraction of sp³-hybridized carbons (Fsp3) is 0.522. The van der Waals surface area contributed by atoms with E-state index in [0.29, 0.717) is 23.9 Å². The number of carbonyl (C=O) groups is 2. The molecule has 1 N–H and O–H groups in total. The molecule has 2 fully saturated rings. The predicted molar refractivity (Wildman–Crippen MR) is 111 cm³/mol. The van der Waals surface area contributed by atoms with Crippen molar-refractivity contribution >= 4 is 11.8 Å². The maximum Gasteiger partial charge on any atom is 0.419 e. The van der Waals surface area contributed by atoms with Gasteiger partial charge in [0.25, 0.3) is 5.91 Å². The van der Waals surface area contributed by atoms with Crippen LogP contribution in [0.2, 0.25) is 0 Å². The number of amides is 2. The van der Waals surface area contributed by atoms with E-state index in [1.165, 1.54) is 4.90 Å². The number of hydrogen-bond acceptors (Lipinski definition) is 5. The van der Waals surface area contributed by atoms with Crippen LogP contribution < -0.4 is 5.32 Å². The highest BCUT2D eigenvalue weighted by molar-refractivity contribution is 5.99. The molecule has 12 heteroatoms. The first-order chi connectivity index (χ1) is 16.4. The largest absolute Gasteiger partial charge is 0.419 e. The number of rotatable bonds is 5. The van der Waals surface area contributed by atoms with Gasteiger partial charge in [0.05, 0.1) is 30.5 Å². The lowest BCUT2D eigenvalue weighted by Gasteiger charge is -2.36. The number of hydrogen-bond donors (Lipinski definition) is 1. The molecule has 0 unspecified atom stereocenters. The third-order valence-electron chi connectivity index (χ3n) is 6.48. The molecule has 3 heterocycles. The standard InChI is InChI=1S/C23H24F5N3O4/c1-10-4-18(31(7-10)22(33)19-11(2)30-35-12(19)3)21(32)29-20(13-8-34-9-13)14-5-17(25)15(6-16(14)24)23(26,27)28/h5-6,10,13,18,20H,4,7-9H2,1-3H3,(H,29,32)/t10-,18-,20-/m1/s1. The van der Waals surface area contributed by atoms with E-state index in [1.54, 1.807) is 13.8 Å². The summed E-state index contributed by atoms with van der Waals surface area (Å²) in [5, 5.41) is 6.42. The van der Waals surface area contributed by atoms with E-state index < -0.39 is 58.8 Å². The van der Waals surface area contributed by atoms with Crippen LogP contribution in [0.5, 0.6) is 0 Å². The van der Waals surface area contributed by atoms with Gasteiger partial charge < -0.3 is 19.5 Å². The summed E-state index contributed by atoms with van der Waals surface area (Å²) in [5.41, 5.74) is -1.52. The van der Waals surface area contributed by atoms with Crippen molar-refractivity contribution in [2.45, 2.75) is 45.5 Å². The van der Waals surface area contributed by atoms with Crippen LogP contribution in [0.3, 0.4) is 0 Å². The zero-order valence-corrected chi connectivity index (χ0v) is 19.2. The Kier molecular flexibility index (Phi) is 6.60. The van der Waals surface area contributed by atoms with Gasteiger partial charge in [-0.15, -0.1) is 0 Å². The lowest BCUT2D eigenvalue weighted by Crippen LogP contribution is -2.50. The molecule has 7 nitrogen and oxygen atoms in total. The molecule has 0 aliphatic carbocycles. The minimum Gasteiger partial charge on any atom is -0.381 e. The van der Waals surface area contributed by atoms with E-state index in [0.717, 1.165) is 0 Å². The molecule has 190 valence electrons. The van der Waals surface area contributed by atoms with Gasteiger partial charge in [-0.2, -0.15) is 13.2 Å². The lowest BCUT2D eigenvalue weighted by atomic mass is 9.89. The molecule has 4 rings (SSSR count). The van der Waals surface area contributed by atoms with E-state index in [4.69, 9.17) is 9.26 Å². The van der Waals surface area contributed by atoms with Crippen molar-refractivity contribution in [1.29, 1.82) is 0 Å². The Morgan fingerprint density at radius 1 is 1.17 bits per heavy atom. The molecule has 2 amide bonds. The Labute approximate surface area is 197 Å². The molecule has 3 atom stereocenters. The number of aromatic nitrogens is 1. The number of ether oxygens (including phenoxy) is 1. The van der Waals surface area contributed by atoms with E-state index in [1.807, 2.05) is 6.92 Å². The van der Waals surface area contributed by atoms with E-state index in [2.05, 4.69) is 10.5 Å². The molecule has 2 aliphatic heterocycles. The maximum absolute atomic E-state index is 14.8. The number of nitrogens with one attached hydrogen (secondary N) is 1. The molecule has 0 bridgehead atoms. The summed E-state index contributed by atoms with van der Waals surface area (Å²) in [6.45, 7) is 5.54. The molecule has 1 aromatic heterocycles. The summed E-state index contributed by atoms with van der Waals surface area (Å²) in [6.07, 6.45) is -4.75. The molecule has 2 aliphatic rings. The van der Waals surface area contributed by atoms with E-state index >= 15 is 0 Å². The lowest BCUT2D eigenvalue weighted by molar-refractivity contribution is -0.140. The van der Waals surface area contributed by atoms with Crippen LogP contribution >= 0.6 is 0 Å². The average molecular weight is 501 g/mol. The second kappa shape index (κ2) is 9.21. The minimum atomic E-state index is -5.07. The van der Waals surface area contributed by atoms with Gasteiger partial charge in [-0.05, 0) is 38.3 Å². The van der Waals surface area contributed by atoms with Crippen molar-refractivity contribution in [1.82, 2.24) is 15.4 Å².